The van der Waals surface area contributed by atoms with Gasteiger partial charge in [-0.05, 0) is 63.6 Å². The number of aryl methyl sites for hydroxylation is 4. The molecule has 1 aromatic carbocycles. The third-order valence-electron chi connectivity index (χ3n) is 8.90. The van der Waals surface area contributed by atoms with E-state index in [2.05, 4.69) is 31.1 Å². The average Bonchev–Trinajstić information content (AvgIpc) is 3.94. The fourth-order valence-corrected chi connectivity index (χ4v) is 6.28. The summed E-state index contributed by atoms with van der Waals surface area (Å²) in [5.41, 5.74) is 10.5. The summed E-state index contributed by atoms with van der Waals surface area (Å²) < 4.78 is 12.7. The van der Waals surface area contributed by atoms with Crippen molar-refractivity contribution >= 4 is 57.7 Å². The molecule has 0 saturated carbocycles. The highest BCUT2D eigenvalue weighted by molar-refractivity contribution is 6.04. The molecule has 298 valence electrons. The minimum Gasteiger partial charge on any atom is -0.491 e. The van der Waals surface area contributed by atoms with Crippen molar-refractivity contribution in [1.29, 1.82) is 0 Å². The Labute approximate surface area is 326 Å². The summed E-state index contributed by atoms with van der Waals surface area (Å²) in [6.07, 6.45) is 5.66. The van der Waals surface area contributed by atoms with Crippen LogP contribution >= 0.6 is 0 Å². The second kappa shape index (κ2) is 17.3. The molecule has 6 rings (SSSR count). The molecule has 6 N–H and O–H groups in total. The van der Waals surface area contributed by atoms with E-state index in [-0.39, 0.29) is 62.0 Å². The van der Waals surface area contributed by atoms with Crippen molar-refractivity contribution in [2.24, 2.45) is 5.73 Å². The number of aliphatic hydroxyl groups excluding tert-OH is 1. The van der Waals surface area contributed by atoms with Gasteiger partial charge in [0.25, 0.3) is 11.8 Å². The number of pyridine rings is 1. The number of aliphatic hydroxyl groups is 1. The van der Waals surface area contributed by atoms with Gasteiger partial charge in [0.05, 0.1) is 23.5 Å². The Bertz CT molecular complexity index is 2510. The fraction of sp³-hybridized carbons (Fsp3) is 0.342. The van der Waals surface area contributed by atoms with Crippen LogP contribution in [0.3, 0.4) is 0 Å². The molecule has 0 fully saturated rings. The summed E-state index contributed by atoms with van der Waals surface area (Å²) in [5.74, 6) is -1.01. The van der Waals surface area contributed by atoms with Crippen LogP contribution in [0.25, 0.3) is 22.2 Å². The summed E-state index contributed by atoms with van der Waals surface area (Å²) in [5, 5.41) is 26.8. The molecule has 0 aliphatic rings. The Kier molecular flexibility index (Phi) is 12.1. The molecule has 0 aliphatic heterocycles. The van der Waals surface area contributed by atoms with Crippen molar-refractivity contribution in [3.63, 3.8) is 0 Å². The number of benzene rings is 1. The number of imidazole rings is 2. The molecule has 19 heteroatoms. The number of allylic oxidation sites excluding steroid dienone is 2. The number of rotatable bonds is 17. The second-order valence-electron chi connectivity index (χ2n) is 13.2. The maximum Gasteiger partial charge on any atom is 0.276 e. The van der Waals surface area contributed by atoms with Crippen molar-refractivity contribution in [2.45, 2.75) is 73.8 Å². The van der Waals surface area contributed by atoms with Crippen LogP contribution < -0.4 is 26.4 Å². The van der Waals surface area contributed by atoms with Gasteiger partial charge in [-0.25, -0.2) is 15.0 Å². The minimum atomic E-state index is -0.688. The van der Waals surface area contributed by atoms with E-state index in [1.165, 1.54) is 19.1 Å². The number of carbonyl (C=O) groups excluding carboxylic acids is 4. The quantitative estimate of drug-likeness (QED) is 0.0665. The van der Waals surface area contributed by atoms with Gasteiger partial charge in [0.2, 0.25) is 23.7 Å². The Balaban J connectivity index is 1.37. The number of aromatic nitrogens is 9. The zero-order chi connectivity index (χ0) is 40.8. The lowest BCUT2D eigenvalue weighted by molar-refractivity contribution is -0.119. The first-order valence-corrected chi connectivity index (χ1v) is 18.4. The van der Waals surface area contributed by atoms with Crippen LogP contribution in [0.4, 0.5) is 11.9 Å². The van der Waals surface area contributed by atoms with Crippen molar-refractivity contribution in [3.8, 4) is 5.75 Å². The topological polar surface area (TPSA) is 244 Å². The molecule has 0 saturated heterocycles. The summed E-state index contributed by atoms with van der Waals surface area (Å²) in [6, 6.07) is 8.21. The fourth-order valence-electron chi connectivity index (χ4n) is 6.28. The maximum atomic E-state index is 13.6. The first kappa shape index (κ1) is 39.8. The van der Waals surface area contributed by atoms with E-state index in [0.29, 0.717) is 64.5 Å². The first-order chi connectivity index (χ1) is 27.4. The zero-order valence-corrected chi connectivity index (χ0v) is 32.4. The highest BCUT2D eigenvalue weighted by Crippen LogP contribution is 2.31. The Morgan fingerprint density at radius 2 is 1.44 bits per heavy atom. The summed E-state index contributed by atoms with van der Waals surface area (Å²) >= 11 is 0. The predicted octanol–water partition coefficient (Wildman–Crippen LogP) is 3.09. The maximum absolute atomic E-state index is 13.6. The molecule has 19 nitrogen and oxygen atoms in total. The monoisotopic (exact) mass is 779 g/mol. The predicted molar refractivity (Wildman–Crippen MR) is 211 cm³/mol. The molecule has 57 heavy (non-hydrogen) atoms. The number of hydrogen-bond acceptors (Lipinski definition) is 11. The number of fused-ring (bicyclic) bond motifs is 2. The van der Waals surface area contributed by atoms with Gasteiger partial charge in [-0.1, -0.05) is 12.2 Å². The number of primary amides is 1. The summed E-state index contributed by atoms with van der Waals surface area (Å²) in [7, 11) is 0. The van der Waals surface area contributed by atoms with Gasteiger partial charge in [-0.15, -0.1) is 0 Å². The van der Waals surface area contributed by atoms with Gasteiger partial charge in [-0.3, -0.25) is 43.7 Å². The summed E-state index contributed by atoms with van der Waals surface area (Å²) in [6.45, 7) is 10.5. The van der Waals surface area contributed by atoms with E-state index < -0.39 is 17.7 Å². The van der Waals surface area contributed by atoms with Gasteiger partial charge in [0.15, 0.2) is 5.65 Å². The molecule has 5 heterocycles. The number of hydrogen-bond donors (Lipinski definition) is 5. The molecule has 0 bridgehead atoms. The Hall–Kier alpha value is -6.89. The average molecular weight is 780 g/mol. The lowest BCUT2D eigenvalue weighted by atomic mass is 10.1. The molecule has 0 aliphatic carbocycles. The molecular formula is C38H45N13O6. The number of anilines is 2. The van der Waals surface area contributed by atoms with Crippen molar-refractivity contribution in [3.05, 3.63) is 82.6 Å². The number of amides is 4. The van der Waals surface area contributed by atoms with Crippen LogP contribution in [0.15, 0.2) is 48.7 Å². The van der Waals surface area contributed by atoms with Crippen molar-refractivity contribution in [2.75, 3.05) is 23.8 Å². The van der Waals surface area contributed by atoms with Crippen LogP contribution in [0.5, 0.6) is 5.75 Å². The van der Waals surface area contributed by atoms with Gasteiger partial charge in [0, 0.05) is 64.4 Å². The first-order valence-electron chi connectivity index (χ1n) is 18.4. The van der Waals surface area contributed by atoms with Gasteiger partial charge in [0.1, 0.15) is 28.2 Å². The normalized spacial score (nSPS) is 11.5. The number of nitrogens with two attached hydrogens (primary N) is 1. The van der Waals surface area contributed by atoms with E-state index >= 15 is 0 Å². The minimum absolute atomic E-state index is 0.106. The molecule has 0 unspecified atom stereocenters. The van der Waals surface area contributed by atoms with E-state index in [4.69, 9.17) is 20.4 Å². The van der Waals surface area contributed by atoms with Crippen LogP contribution in [-0.2, 0) is 37.5 Å². The molecule has 0 atom stereocenters. The smallest absolute Gasteiger partial charge is 0.276 e. The Morgan fingerprint density at radius 1 is 0.842 bits per heavy atom. The van der Waals surface area contributed by atoms with Crippen molar-refractivity contribution in [1.82, 2.24) is 49.0 Å². The SMILES string of the molecule is CCn1nc(C)cc1C(=O)Nc1nc2cc(CNC(C)=O)cnc2n1C/C=C/Cn1c(NC(=O)c2cc(C)nn2CC)nc2cc(C(N)=O)cc(OCCCO)c21. The van der Waals surface area contributed by atoms with Crippen LogP contribution in [0.1, 0.15) is 75.5 Å². The molecule has 5 aromatic heterocycles. The van der Waals surface area contributed by atoms with Crippen molar-refractivity contribution < 1.29 is 29.0 Å². The molecule has 0 spiro atoms. The van der Waals surface area contributed by atoms with E-state index in [1.54, 1.807) is 49.8 Å². The number of carbonyl (C=O) groups is 4. The standard InChI is InChI=1S/C38H45N13O6/c1-6-50-29(15-22(3)46-50)35(55)44-37-42-27-18-26(33(39)54)19-31(57-14-10-13-52)32(27)48(37)11-8-9-12-49-34-28(17-25(21-41-34)20-40-24(5)53)43-38(49)45-36(56)30-16-23(4)47-51(30)7-2/h8-9,15-19,21,52H,6-7,10-14,20H2,1-5H3,(H2,39,54)(H,40,53)(H,42,44,55)(H,43,45,56)/b9-8+. The second-order valence-corrected chi connectivity index (χ2v) is 13.2. The highest BCUT2D eigenvalue weighted by Gasteiger charge is 2.22. The van der Waals surface area contributed by atoms with Gasteiger partial charge in [-0.2, -0.15) is 10.2 Å². The van der Waals surface area contributed by atoms with Crippen LogP contribution in [0, 0.1) is 13.8 Å². The number of nitrogens with zero attached hydrogens (tertiary/aromatic N) is 9. The largest absolute Gasteiger partial charge is 0.491 e. The third-order valence-corrected chi connectivity index (χ3v) is 8.90. The lowest BCUT2D eigenvalue weighted by Gasteiger charge is -2.13. The highest BCUT2D eigenvalue weighted by atomic mass is 16.5. The molecule has 4 amide bonds. The van der Waals surface area contributed by atoms with E-state index in [0.717, 1.165) is 5.56 Å². The summed E-state index contributed by atoms with van der Waals surface area (Å²) in [4.78, 5) is 65.1. The van der Waals surface area contributed by atoms with Gasteiger partial charge < -0.3 is 25.5 Å². The molecular weight excluding hydrogens is 735 g/mol. The number of ether oxygens (including phenoxy) is 1. The van der Waals surface area contributed by atoms with Crippen LogP contribution in [0.2, 0.25) is 0 Å². The van der Waals surface area contributed by atoms with E-state index in [1.807, 2.05) is 32.9 Å². The molecule has 0 radical (unpaired) electrons. The zero-order valence-electron chi connectivity index (χ0n) is 32.4. The van der Waals surface area contributed by atoms with Gasteiger partial charge >= 0.3 is 0 Å². The number of nitrogens with one attached hydrogen (secondary N) is 3. The molecule has 6 aromatic rings. The third kappa shape index (κ3) is 8.83. The lowest BCUT2D eigenvalue weighted by Crippen LogP contribution is -2.20. The van der Waals surface area contributed by atoms with E-state index in [9.17, 15) is 24.3 Å². The van der Waals surface area contributed by atoms with Crippen LogP contribution in [-0.4, -0.2) is 85.6 Å². The Morgan fingerprint density at radius 3 is 2.02 bits per heavy atom.